The Morgan fingerprint density at radius 2 is 1.76 bits per heavy atom. The smallest absolute Gasteiger partial charge is 0.309 e. The number of methoxy groups -OCH3 is 1. The Morgan fingerprint density at radius 3 is 2.32 bits per heavy atom. The lowest BCUT2D eigenvalue weighted by Crippen LogP contribution is -2.49. The number of rotatable bonds is 7. The summed E-state index contributed by atoms with van der Waals surface area (Å²) in [5.74, 6) is 1.50. The van der Waals surface area contributed by atoms with E-state index in [0.717, 1.165) is 42.9 Å². The van der Waals surface area contributed by atoms with Crippen LogP contribution in [0.15, 0.2) is 18.2 Å². The minimum absolute atomic E-state index is 0.237. The van der Waals surface area contributed by atoms with Gasteiger partial charge in [-0.15, -0.1) is 0 Å². The first-order valence-corrected chi connectivity index (χ1v) is 9.01. The molecule has 6 heteroatoms. The molecular weight excluding hydrogens is 317 g/mol. The van der Waals surface area contributed by atoms with Gasteiger partial charge in [0.15, 0.2) is 11.5 Å². The number of likely N-dealkylation sites (tertiary alicyclic amines) is 1. The van der Waals surface area contributed by atoms with Crippen LogP contribution in [0, 0.1) is 0 Å². The van der Waals surface area contributed by atoms with Gasteiger partial charge in [0.25, 0.3) is 0 Å². The van der Waals surface area contributed by atoms with Crippen LogP contribution in [-0.4, -0.2) is 62.0 Å². The van der Waals surface area contributed by atoms with Gasteiger partial charge < -0.3 is 24.1 Å². The maximum atomic E-state index is 10.2. The molecule has 0 spiro atoms. The van der Waals surface area contributed by atoms with Gasteiger partial charge in [0.1, 0.15) is 6.10 Å². The molecule has 5 nitrogen and oxygen atoms in total. The highest BCUT2D eigenvalue weighted by Crippen LogP contribution is 2.29. The summed E-state index contributed by atoms with van der Waals surface area (Å²) >= 11 is 0. The molecule has 1 N–H and O–H groups in total. The molecule has 1 saturated heterocycles. The summed E-state index contributed by atoms with van der Waals surface area (Å²) in [6.45, 7) is 9.41. The minimum atomic E-state index is -0.922. The van der Waals surface area contributed by atoms with Crippen molar-refractivity contribution in [1.82, 2.24) is 4.90 Å². The average molecular weight is 349 g/mol. The summed E-state index contributed by atoms with van der Waals surface area (Å²) < 4.78 is 17.6. The number of hydrogen-bond donors (Lipinski definition) is 1. The van der Waals surface area contributed by atoms with E-state index in [1.54, 1.807) is 21.0 Å². The monoisotopic (exact) mass is 349 g/mol. The summed E-state index contributed by atoms with van der Waals surface area (Å²) in [6.07, 6.45) is 2.30. The van der Waals surface area contributed by atoms with Gasteiger partial charge in [-0.3, -0.25) is 0 Å². The highest BCUT2D eigenvalue weighted by Gasteiger charge is 2.35. The van der Waals surface area contributed by atoms with Gasteiger partial charge in [0.05, 0.1) is 18.3 Å². The molecule has 0 saturated carbocycles. The Bertz CT molecular complexity index is 563. The van der Waals surface area contributed by atoms with Crippen LogP contribution in [0.3, 0.4) is 0 Å². The molecule has 140 valence electrons. The first-order chi connectivity index (χ1) is 11.6. The number of benzene rings is 1. The summed E-state index contributed by atoms with van der Waals surface area (Å²) in [5, 5.41) is 10.2. The molecule has 0 aliphatic carbocycles. The third-order valence-electron chi connectivity index (χ3n) is 5.26. The molecule has 0 radical (unpaired) electrons. The first kappa shape index (κ1) is 20.1. The molecule has 0 aromatic heterocycles. The highest BCUT2D eigenvalue weighted by atomic mass is 16.5. The van der Waals surface area contributed by atoms with Crippen LogP contribution in [0.25, 0.3) is 0 Å². The Kier molecular flexibility index (Phi) is 6.41. The Balaban J connectivity index is 2.01. The van der Waals surface area contributed by atoms with E-state index in [-0.39, 0.29) is 6.10 Å². The number of piperidine rings is 1. The van der Waals surface area contributed by atoms with Crippen molar-refractivity contribution >= 4 is 12.9 Å². The second kappa shape index (κ2) is 7.98. The Labute approximate surface area is 152 Å². The van der Waals surface area contributed by atoms with Crippen LogP contribution in [0.5, 0.6) is 11.5 Å². The first-order valence-electron chi connectivity index (χ1n) is 9.01. The molecule has 1 aliphatic heterocycles. The van der Waals surface area contributed by atoms with Crippen LogP contribution < -0.4 is 14.9 Å². The lowest BCUT2D eigenvalue weighted by atomic mass is 9.82. The average Bonchev–Trinajstić information content (AvgIpc) is 2.55. The standard InChI is InChI=1S/C19H32BNO4/c1-18(2,22)19(3,4)25-20-14-7-8-16(17(13-14)23-6)24-15-9-11-21(5)12-10-15/h7-8,13,15,20,22H,9-12H2,1-6H3. The lowest BCUT2D eigenvalue weighted by Gasteiger charge is -2.37. The second-order valence-electron chi connectivity index (χ2n) is 7.96. The summed E-state index contributed by atoms with van der Waals surface area (Å²) in [7, 11) is 4.20. The van der Waals surface area contributed by atoms with Gasteiger partial charge >= 0.3 is 7.48 Å². The topological polar surface area (TPSA) is 51.2 Å². The summed E-state index contributed by atoms with van der Waals surface area (Å²) in [4.78, 5) is 2.32. The Hall–Kier alpha value is -1.24. The molecule has 1 heterocycles. The number of aliphatic hydroxyl groups is 1. The zero-order chi connectivity index (χ0) is 18.7. The molecule has 1 aromatic rings. The van der Waals surface area contributed by atoms with Gasteiger partial charge in [0.2, 0.25) is 0 Å². The van der Waals surface area contributed by atoms with Crippen LogP contribution in [-0.2, 0) is 4.65 Å². The lowest BCUT2D eigenvalue weighted by molar-refractivity contribution is -0.0893. The normalized spacial score (nSPS) is 17.4. The maximum absolute atomic E-state index is 10.2. The van der Waals surface area contributed by atoms with Crippen molar-refractivity contribution in [1.29, 1.82) is 0 Å². The summed E-state index contributed by atoms with van der Waals surface area (Å²) in [6, 6.07) is 5.89. The van der Waals surface area contributed by atoms with Gasteiger partial charge in [-0.05, 0) is 65.2 Å². The number of nitrogens with zero attached hydrogens (tertiary/aromatic N) is 1. The van der Waals surface area contributed by atoms with E-state index in [0.29, 0.717) is 7.48 Å². The van der Waals surface area contributed by atoms with Crippen molar-refractivity contribution in [2.75, 3.05) is 27.2 Å². The molecule has 0 bridgehead atoms. The van der Waals surface area contributed by atoms with Gasteiger partial charge in [-0.2, -0.15) is 0 Å². The predicted molar refractivity (Wildman–Crippen MR) is 102 cm³/mol. The number of hydrogen-bond acceptors (Lipinski definition) is 5. The fourth-order valence-corrected chi connectivity index (χ4v) is 2.62. The molecule has 1 aliphatic rings. The molecule has 1 fully saturated rings. The predicted octanol–water partition coefficient (Wildman–Crippen LogP) is 1.71. The van der Waals surface area contributed by atoms with Gasteiger partial charge in [0, 0.05) is 13.1 Å². The molecule has 1 aromatic carbocycles. The van der Waals surface area contributed by atoms with Crippen LogP contribution in [0.1, 0.15) is 40.5 Å². The molecule has 2 rings (SSSR count). The van der Waals surface area contributed by atoms with Crippen LogP contribution >= 0.6 is 0 Å². The van der Waals surface area contributed by atoms with E-state index in [4.69, 9.17) is 14.1 Å². The third kappa shape index (κ3) is 5.37. The third-order valence-corrected chi connectivity index (χ3v) is 5.26. The quantitative estimate of drug-likeness (QED) is 0.760. The van der Waals surface area contributed by atoms with Crippen molar-refractivity contribution < 1.29 is 19.2 Å². The maximum Gasteiger partial charge on any atom is 0.309 e. The van der Waals surface area contributed by atoms with Crippen molar-refractivity contribution in [3.05, 3.63) is 18.2 Å². The van der Waals surface area contributed by atoms with Crippen molar-refractivity contribution in [2.45, 2.75) is 57.8 Å². The Morgan fingerprint density at radius 1 is 1.12 bits per heavy atom. The molecular formula is C19H32BNO4. The van der Waals surface area contributed by atoms with Crippen molar-refractivity contribution in [2.24, 2.45) is 0 Å². The van der Waals surface area contributed by atoms with E-state index in [9.17, 15) is 5.11 Å². The number of ether oxygens (including phenoxy) is 2. The van der Waals surface area contributed by atoms with Crippen LogP contribution in [0.2, 0.25) is 0 Å². The fraction of sp³-hybridized carbons (Fsp3) is 0.684. The van der Waals surface area contributed by atoms with E-state index >= 15 is 0 Å². The second-order valence-corrected chi connectivity index (χ2v) is 7.96. The molecule has 25 heavy (non-hydrogen) atoms. The van der Waals surface area contributed by atoms with E-state index in [2.05, 4.69) is 11.9 Å². The van der Waals surface area contributed by atoms with Gasteiger partial charge in [-0.1, -0.05) is 6.07 Å². The van der Waals surface area contributed by atoms with E-state index in [1.807, 2.05) is 32.0 Å². The molecule has 0 atom stereocenters. The zero-order valence-electron chi connectivity index (χ0n) is 16.5. The zero-order valence-corrected chi connectivity index (χ0v) is 16.5. The van der Waals surface area contributed by atoms with E-state index < -0.39 is 11.2 Å². The van der Waals surface area contributed by atoms with E-state index in [1.165, 1.54) is 0 Å². The largest absolute Gasteiger partial charge is 0.493 e. The van der Waals surface area contributed by atoms with Crippen LogP contribution in [0.4, 0.5) is 0 Å². The van der Waals surface area contributed by atoms with Gasteiger partial charge in [-0.25, -0.2) is 0 Å². The minimum Gasteiger partial charge on any atom is -0.493 e. The summed E-state index contributed by atoms with van der Waals surface area (Å²) in [5.41, 5.74) is -0.581. The van der Waals surface area contributed by atoms with Crippen molar-refractivity contribution in [3.8, 4) is 11.5 Å². The SMILES string of the molecule is COc1cc(BOC(C)(C)C(C)(C)O)ccc1OC1CCN(C)CC1. The van der Waals surface area contributed by atoms with Crippen molar-refractivity contribution in [3.63, 3.8) is 0 Å². The fourth-order valence-electron chi connectivity index (χ4n) is 2.62. The molecule has 0 unspecified atom stereocenters. The molecule has 0 amide bonds. The highest BCUT2D eigenvalue weighted by molar-refractivity contribution is 6.47.